The fraction of sp³-hybridized carbons (Fsp3) is 0.208. The van der Waals surface area contributed by atoms with Crippen LogP contribution < -0.4 is 10.1 Å². The molecule has 1 amide bonds. The van der Waals surface area contributed by atoms with Crippen LogP contribution >= 0.6 is 0 Å². The number of hydrogen-bond acceptors (Lipinski definition) is 8. The number of aryl methyl sites for hydroxylation is 1. The third-order valence-electron chi connectivity index (χ3n) is 4.90. The van der Waals surface area contributed by atoms with Gasteiger partial charge in [-0.2, -0.15) is 0 Å². The van der Waals surface area contributed by atoms with Crippen molar-refractivity contribution in [3.05, 3.63) is 72.0 Å². The first kappa shape index (κ1) is 22.1. The zero-order valence-corrected chi connectivity index (χ0v) is 18.9. The van der Waals surface area contributed by atoms with Crippen molar-refractivity contribution in [2.45, 2.75) is 13.5 Å². The molecule has 0 aliphatic carbocycles. The van der Waals surface area contributed by atoms with Gasteiger partial charge in [-0.05, 0) is 33.2 Å². The Bertz CT molecular complexity index is 1250. The van der Waals surface area contributed by atoms with Gasteiger partial charge in [-0.1, -0.05) is 35.5 Å². The first-order valence-electron chi connectivity index (χ1n) is 10.3. The molecule has 9 heteroatoms. The number of methoxy groups -OCH3 is 1. The minimum absolute atomic E-state index is 0.272. The molecule has 0 aliphatic rings. The normalized spacial score (nSPS) is 10.9. The van der Waals surface area contributed by atoms with E-state index < -0.39 is 0 Å². The molecule has 1 aromatic carbocycles. The van der Waals surface area contributed by atoms with Crippen molar-refractivity contribution in [1.29, 1.82) is 0 Å². The van der Waals surface area contributed by atoms with Gasteiger partial charge in [0.2, 0.25) is 5.88 Å². The zero-order valence-electron chi connectivity index (χ0n) is 18.9. The van der Waals surface area contributed by atoms with Crippen molar-refractivity contribution in [2.24, 2.45) is 0 Å². The number of ether oxygens (including phenoxy) is 1. The summed E-state index contributed by atoms with van der Waals surface area (Å²) in [5.74, 6) is 1.05. The molecule has 168 valence electrons. The molecule has 0 unspecified atom stereocenters. The summed E-state index contributed by atoms with van der Waals surface area (Å²) in [7, 11) is 5.42. The lowest BCUT2D eigenvalue weighted by atomic mass is 10.1. The SMILES string of the molecule is COc1nc(-c2cnc(CN(C)C)nc2)ccc1NC(=O)c1c(-c2ccccc2)noc1C. The Balaban J connectivity index is 1.59. The molecule has 0 aliphatic heterocycles. The van der Waals surface area contributed by atoms with Gasteiger partial charge in [0.15, 0.2) is 0 Å². The summed E-state index contributed by atoms with van der Waals surface area (Å²) in [4.78, 5) is 28.4. The molecule has 4 aromatic rings. The topological polar surface area (TPSA) is 106 Å². The summed E-state index contributed by atoms with van der Waals surface area (Å²) in [6.07, 6.45) is 3.44. The third kappa shape index (κ3) is 4.88. The molecule has 0 fully saturated rings. The Morgan fingerprint density at radius 3 is 2.45 bits per heavy atom. The molecule has 4 rings (SSSR count). The van der Waals surface area contributed by atoms with E-state index in [1.807, 2.05) is 49.3 Å². The van der Waals surface area contributed by atoms with Gasteiger partial charge in [-0.25, -0.2) is 15.0 Å². The first-order chi connectivity index (χ1) is 16.0. The molecule has 9 nitrogen and oxygen atoms in total. The van der Waals surface area contributed by atoms with Crippen molar-refractivity contribution >= 4 is 11.6 Å². The number of benzene rings is 1. The number of hydrogen-bond donors (Lipinski definition) is 1. The average Bonchev–Trinajstić information content (AvgIpc) is 3.21. The first-order valence-corrected chi connectivity index (χ1v) is 10.3. The van der Waals surface area contributed by atoms with E-state index in [9.17, 15) is 4.79 Å². The van der Waals surface area contributed by atoms with Gasteiger partial charge >= 0.3 is 0 Å². The molecule has 3 aromatic heterocycles. The molecule has 0 atom stereocenters. The van der Waals surface area contributed by atoms with E-state index in [0.717, 1.165) is 17.0 Å². The molecule has 0 bridgehead atoms. The maximum Gasteiger partial charge on any atom is 0.261 e. The lowest BCUT2D eigenvalue weighted by Gasteiger charge is -2.12. The van der Waals surface area contributed by atoms with Crippen LogP contribution in [0.25, 0.3) is 22.5 Å². The van der Waals surface area contributed by atoms with Crippen LogP contribution in [0.4, 0.5) is 5.69 Å². The van der Waals surface area contributed by atoms with E-state index in [0.29, 0.717) is 34.9 Å². The van der Waals surface area contributed by atoms with Crippen molar-refractivity contribution in [1.82, 2.24) is 25.0 Å². The van der Waals surface area contributed by atoms with Crippen LogP contribution in [0, 0.1) is 6.92 Å². The van der Waals surface area contributed by atoms with Gasteiger partial charge in [0, 0.05) is 23.5 Å². The highest BCUT2D eigenvalue weighted by Gasteiger charge is 2.23. The summed E-state index contributed by atoms with van der Waals surface area (Å²) in [6, 6.07) is 12.9. The maximum atomic E-state index is 13.1. The lowest BCUT2D eigenvalue weighted by molar-refractivity contribution is 0.102. The number of carbonyl (C=O) groups is 1. The van der Waals surface area contributed by atoms with Crippen LogP contribution in [0.3, 0.4) is 0 Å². The van der Waals surface area contributed by atoms with E-state index in [4.69, 9.17) is 9.26 Å². The molecular formula is C24H24N6O3. The number of anilines is 1. The third-order valence-corrected chi connectivity index (χ3v) is 4.90. The van der Waals surface area contributed by atoms with Gasteiger partial charge in [0.1, 0.15) is 28.5 Å². The van der Waals surface area contributed by atoms with Crippen LogP contribution in [0.15, 0.2) is 59.4 Å². The summed E-state index contributed by atoms with van der Waals surface area (Å²) >= 11 is 0. The number of nitrogens with one attached hydrogen (secondary N) is 1. The predicted octanol–water partition coefficient (Wildman–Crippen LogP) is 3.82. The largest absolute Gasteiger partial charge is 0.479 e. The van der Waals surface area contributed by atoms with Gasteiger partial charge < -0.3 is 19.5 Å². The highest BCUT2D eigenvalue weighted by molar-refractivity contribution is 6.09. The number of carbonyl (C=O) groups excluding carboxylic acids is 1. The van der Waals surface area contributed by atoms with E-state index in [1.54, 1.807) is 31.5 Å². The molecule has 1 N–H and O–H groups in total. The highest BCUT2D eigenvalue weighted by atomic mass is 16.5. The monoisotopic (exact) mass is 444 g/mol. The fourth-order valence-electron chi connectivity index (χ4n) is 3.32. The number of nitrogens with zero attached hydrogens (tertiary/aromatic N) is 5. The second-order valence-electron chi connectivity index (χ2n) is 7.66. The minimum atomic E-state index is -0.364. The number of aromatic nitrogens is 4. The van der Waals surface area contributed by atoms with Crippen LogP contribution in [0.1, 0.15) is 21.9 Å². The smallest absolute Gasteiger partial charge is 0.261 e. The van der Waals surface area contributed by atoms with Gasteiger partial charge in [0.25, 0.3) is 5.91 Å². The Morgan fingerprint density at radius 1 is 1.06 bits per heavy atom. The van der Waals surface area contributed by atoms with E-state index >= 15 is 0 Å². The number of rotatable bonds is 7. The van der Waals surface area contributed by atoms with Crippen molar-refractivity contribution < 1.29 is 14.1 Å². The molecule has 0 spiro atoms. The van der Waals surface area contributed by atoms with Crippen molar-refractivity contribution in [2.75, 3.05) is 26.5 Å². The second-order valence-corrected chi connectivity index (χ2v) is 7.66. The molecule has 0 radical (unpaired) electrons. The summed E-state index contributed by atoms with van der Waals surface area (Å²) in [5, 5.41) is 6.93. The van der Waals surface area contributed by atoms with Gasteiger partial charge in [-0.15, -0.1) is 0 Å². The van der Waals surface area contributed by atoms with Gasteiger partial charge in [-0.3, -0.25) is 4.79 Å². The Hall–Kier alpha value is -4.11. The van der Waals surface area contributed by atoms with Crippen molar-refractivity contribution in [3.8, 4) is 28.4 Å². The number of pyridine rings is 1. The number of amides is 1. The highest BCUT2D eigenvalue weighted by Crippen LogP contribution is 2.29. The lowest BCUT2D eigenvalue weighted by Crippen LogP contribution is -2.15. The Kier molecular flexibility index (Phi) is 6.41. The predicted molar refractivity (Wildman–Crippen MR) is 124 cm³/mol. The van der Waals surface area contributed by atoms with E-state index in [-0.39, 0.29) is 11.8 Å². The average molecular weight is 444 g/mol. The molecule has 0 saturated carbocycles. The molecular weight excluding hydrogens is 420 g/mol. The van der Waals surface area contributed by atoms with Crippen LogP contribution in [0.5, 0.6) is 5.88 Å². The van der Waals surface area contributed by atoms with E-state index in [1.165, 1.54) is 7.11 Å². The summed E-state index contributed by atoms with van der Waals surface area (Å²) in [6.45, 7) is 2.35. The van der Waals surface area contributed by atoms with Crippen LogP contribution in [-0.4, -0.2) is 52.1 Å². The second kappa shape index (κ2) is 9.58. The fourth-order valence-corrected chi connectivity index (χ4v) is 3.32. The zero-order chi connectivity index (χ0) is 23.4. The Labute approximate surface area is 191 Å². The van der Waals surface area contributed by atoms with Crippen LogP contribution in [-0.2, 0) is 6.54 Å². The van der Waals surface area contributed by atoms with E-state index in [2.05, 4.69) is 25.4 Å². The maximum absolute atomic E-state index is 13.1. The summed E-state index contributed by atoms with van der Waals surface area (Å²) in [5.41, 5.74) is 3.43. The Morgan fingerprint density at radius 2 is 1.79 bits per heavy atom. The standard InChI is InChI=1S/C24H24N6O3/c1-15-21(22(29-33-15)16-8-6-5-7-9-16)23(31)27-19-11-10-18(28-24(19)32-4)17-12-25-20(26-13-17)14-30(2)3/h5-13H,14H2,1-4H3,(H,27,31). The van der Waals surface area contributed by atoms with Gasteiger partial charge in [0.05, 0.1) is 19.3 Å². The molecule has 33 heavy (non-hydrogen) atoms. The quantitative estimate of drug-likeness (QED) is 0.458. The molecule has 3 heterocycles. The van der Waals surface area contributed by atoms with Crippen LogP contribution in [0.2, 0.25) is 0 Å². The minimum Gasteiger partial charge on any atom is -0.479 e. The summed E-state index contributed by atoms with van der Waals surface area (Å²) < 4.78 is 10.7. The molecule has 0 saturated heterocycles. The van der Waals surface area contributed by atoms with Crippen molar-refractivity contribution in [3.63, 3.8) is 0 Å².